The minimum absolute atomic E-state index is 0.103. The van der Waals surface area contributed by atoms with Gasteiger partial charge in [0.15, 0.2) is 28.8 Å². The smallest absolute Gasteiger partial charge is 0.192 e. The van der Waals surface area contributed by atoms with Crippen LogP contribution in [0, 0.1) is 11.8 Å². The molecule has 8 heteroatoms. The highest BCUT2D eigenvalue weighted by molar-refractivity contribution is 6.74. The molecule has 6 nitrogen and oxygen atoms in total. The molecule has 0 saturated carbocycles. The highest BCUT2D eigenvalue weighted by Gasteiger charge is 2.38. The normalized spacial score (nSPS) is 15.1. The lowest BCUT2D eigenvalue weighted by Gasteiger charge is -2.35. The second-order valence-electron chi connectivity index (χ2n) is 11.8. The predicted molar refractivity (Wildman–Crippen MR) is 139 cm³/mol. The van der Waals surface area contributed by atoms with Crippen LogP contribution in [-0.2, 0) is 22.1 Å². The Hall–Kier alpha value is -1.61. The number of hydrogen-bond donors (Lipinski definition) is 2. The first-order chi connectivity index (χ1) is 15.4. The van der Waals surface area contributed by atoms with Crippen molar-refractivity contribution in [2.75, 3.05) is 0 Å². The van der Waals surface area contributed by atoms with Gasteiger partial charge in [-0.05, 0) is 60.5 Å². The van der Waals surface area contributed by atoms with E-state index >= 15 is 0 Å². The van der Waals surface area contributed by atoms with E-state index in [0.717, 1.165) is 0 Å². The van der Waals surface area contributed by atoms with E-state index in [1.165, 1.54) is 0 Å². The first-order valence-electron chi connectivity index (χ1n) is 11.8. The van der Waals surface area contributed by atoms with E-state index in [4.69, 9.17) is 17.7 Å². The maximum absolute atomic E-state index is 10.4. The summed E-state index contributed by atoms with van der Waals surface area (Å²) >= 11 is 0. The van der Waals surface area contributed by atoms with Crippen molar-refractivity contribution in [1.82, 2.24) is 0 Å². The summed E-state index contributed by atoms with van der Waals surface area (Å²) in [4.78, 5) is 0. The summed E-state index contributed by atoms with van der Waals surface area (Å²) in [6, 6.07) is 6.93. The van der Waals surface area contributed by atoms with Crippen LogP contribution >= 0.6 is 0 Å². The lowest BCUT2D eigenvalue weighted by Crippen LogP contribution is -2.40. The van der Waals surface area contributed by atoms with Crippen LogP contribution in [0.2, 0.25) is 36.3 Å². The predicted octanol–water partition coefficient (Wildman–Crippen LogP) is 6.69. The third kappa shape index (κ3) is 7.44. The highest BCUT2D eigenvalue weighted by Crippen LogP contribution is 2.38. The molecule has 34 heavy (non-hydrogen) atoms. The van der Waals surface area contributed by atoms with Crippen LogP contribution in [0.1, 0.15) is 76.8 Å². The third-order valence-electron chi connectivity index (χ3n) is 7.02. The van der Waals surface area contributed by atoms with Gasteiger partial charge in [0.2, 0.25) is 0 Å². The number of furan rings is 2. The molecule has 2 aromatic rings. The zero-order valence-corrected chi connectivity index (χ0v) is 24.4. The second kappa shape index (κ2) is 10.6. The molecule has 2 rings (SSSR count). The van der Waals surface area contributed by atoms with Gasteiger partial charge in [-0.25, -0.2) is 0 Å². The zero-order valence-electron chi connectivity index (χ0n) is 22.4. The first kappa shape index (κ1) is 28.6. The first-order valence-corrected chi connectivity index (χ1v) is 17.6. The van der Waals surface area contributed by atoms with Gasteiger partial charge < -0.3 is 27.9 Å². The molecule has 0 aliphatic carbocycles. The summed E-state index contributed by atoms with van der Waals surface area (Å²) in [6.07, 6.45) is -2.32. The Balaban J connectivity index is 1.95. The monoisotopic (exact) mass is 506 g/mol. The van der Waals surface area contributed by atoms with Crippen LogP contribution in [0.5, 0.6) is 0 Å². The molecule has 0 fully saturated rings. The van der Waals surface area contributed by atoms with Crippen LogP contribution in [0.25, 0.3) is 0 Å². The van der Waals surface area contributed by atoms with Gasteiger partial charge >= 0.3 is 0 Å². The molecule has 2 N–H and O–H groups in total. The van der Waals surface area contributed by atoms with Crippen molar-refractivity contribution in [3.05, 3.63) is 47.3 Å². The van der Waals surface area contributed by atoms with E-state index in [2.05, 4.69) is 79.6 Å². The fraction of sp³-hybridized carbons (Fsp3) is 0.615. The van der Waals surface area contributed by atoms with Crippen LogP contribution in [0.15, 0.2) is 33.1 Å². The van der Waals surface area contributed by atoms with Gasteiger partial charge in [-0.3, -0.25) is 0 Å². The van der Waals surface area contributed by atoms with Crippen molar-refractivity contribution in [2.45, 2.75) is 103 Å². The van der Waals surface area contributed by atoms with Crippen molar-refractivity contribution in [3.63, 3.8) is 0 Å². The molecule has 0 aromatic carbocycles. The summed E-state index contributed by atoms with van der Waals surface area (Å²) < 4.78 is 23.7. The molecule has 2 atom stereocenters. The minimum atomic E-state index is -1.90. The van der Waals surface area contributed by atoms with Gasteiger partial charge in [-0.1, -0.05) is 53.4 Å². The Kier molecular flexibility index (Phi) is 8.90. The Morgan fingerprint density at radius 1 is 0.706 bits per heavy atom. The van der Waals surface area contributed by atoms with Crippen LogP contribution in [-0.4, -0.2) is 26.8 Å². The zero-order chi connectivity index (χ0) is 25.9. The largest absolute Gasteiger partial charge is 0.460 e. The summed E-state index contributed by atoms with van der Waals surface area (Å²) in [5.41, 5.74) is 0. The molecule has 2 unspecified atom stereocenters. The number of rotatable bonds is 8. The Bertz CT molecular complexity index is 917. The van der Waals surface area contributed by atoms with Crippen molar-refractivity contribution in [3.8, 4) is 11.8 Å². The Morgan fingerprint density at radius 2 is 1.03 bits per heavy atom. The summed E-state index contributed by atoms with van der Waals surface area (Å²) in [5.74, 6) is 7.18. The van der Waals surface area contributed by atoms with E-state index in [1.54, 1.807) is 24.3 Å². The Labute approximate surface area is 206 Å². The van der Waals surface area contributed by atoms with E-state index in [0.29, 0.717) is 36.3 Å². The lowest BCUT2D eigenvalue weighted by atomic mass is 10.2. The van der Waals surface area contributed by atoms with Crippen LogP contribution in [0.3, 0.4) is 0 Å². The van der Waals surface area contributed by atoms with E-state index < -0.39 is 28.8 Å². The van der Waals surface area contributed by atoms with E-state index in [9.17, 15) is 10.2 Å². The highest BCUT2D eigenvalue weighted by atomic mass is 28.4. The van der Waals surface area contributed by atoms with Gasteiger partial charge in [0.1, 0.15) is 23.0 Å². The second-order valence-corrected chi connectivity index (χ2v) is 21.4. The number of aliphatic hydroxyl groups is 2. The van der Waals surface area contributed by atoms with Crippen molar-refractivity contribution in [2.24, 2.45) is 0 Å². The van der Waals surface area contributed by atoms with Crippen molar-refractivity contribution in [1.29, 1.82) is 0 Å². The van der Waals surface area contributed by atoms with E-state index in [-0.39, 0.29) is 10.1 Å². The van der Waals surface area contributed by atoms with Crippen molar-refractivity contribution >= 4 is 16.6 Å². The molecule has 2 aromatic heterocycles. The van der Waals surface area contributed by atoms with Gasteiger partial charge in [0.05, 0.1) is 13.2 Å². The molecule has 0 radical (unpaired) electrons. The summed E-state index contributed by atoms with van der Waals surface area (Å²) in [5, 5.41) is 21.0. The topological polar surface area (TPSA) is 85.2 Å². The molecule has 0 aliphatic heterocycles. The average molecular weight is 507 g/mol. The van der Waals surface area contributed by atoms with Gasteiger partial charge in [-0.15, -0.1) is 0 Å². The molecule has 0 bridgehead atoms. The fourth-order valence-corrected chi connectivity index (χ4v) is 4.35. The third-order valence-corrected chi connectivity index (χ3v) is 16.0. The van der Waals surface area contributed by atoms with E-state index in [1.807, 2.05) is 0 Å². The molecule has 0 saturated heterocycles. The molecular formula is C26H42O6Si2. The van der Waals surface area contributed by atoms with Gasteiger partial charge in [0, 0.05) is 0 Å². The average Bonchev–Trinajstić information content (AvgIpc) is 3.37. The quantitative estimate of drug-likeness (QED) is 0.307. The molecule has 0 amide bonds. The van der Waals surface area contributed by atoms with Gasteiger partial charge in [-0.2, -0.15) is 0 Å². The molecule has 0 aliphatic rings. The maximum Gasteiger partial charge on any atom is 0.192 e. The SMILES string of the molecule is CC(C)(C)[Si](C)(C)OCc1ccc(C(O)C#CC(O)c2ccc(CO[Si](C)(C)C(C)(C)C)o2)o1. The molecular weight excluding hydrogens is 464 g/mol. The maximum atomic E-state index is 10.4. The standard InChI is InChI=1S/C26H42O6Si2/c1-25(2,3)33(7,8)29-17-19-11-15-23(31-19)21(27)13-14-22(28)24-16-12-20(32-24)18-30-34(9,10)26(4,5)6/h11-12,15-16,21-22,27-28H,17-18H2,1-10H3. The fourth-order valence-electron chi connectivity index (χ4n) is 2.47. The molecule has 2 heterocycles. The van der Waals surface area contributed by atoms with Gasteiger partial charge in [0.25, 0.3) is 0 Å². The Morgan fingerprint density at radius 3 is 1.32 bits per heavy atom. The lowest BCUT2D eigenvalue weighted by molar-refractivity contribution is 0.183. The minimum Gasteiger partial charge on any atom is -0.460 e. The summed E-state index contributed by atoms with van der Waals surface area (Å²) in [6.45, 7) is 22.5. The molecule has 190 valence electrons. The summed E-state index contributed by atoms with van der Waals surface area (Å²) in [7, 11) is -3.80. The van der Waals surface area contributed by atoms with Crippen LogP contribution < -0.4 is 0 Å². The van der Waals surface area contributed by atoms with Crippen molar-refractivity contribution < 1.29 is 27.9 Å². The van der Waals surface area contributed by atoms with Crippen LogP contribution in [0.4, 0.5) is 0 Å². The number of hydrogen-bond acceptors (Lipinski definition) is 6. The number of aliphatic hydroxyl groups excluding tert-OH is 2. The molecule has 0 spiro atoms.